The summed E-state index contributed by atoms with van der Waals surface area (Å²) >= 11 is 0. The molecule has 150 valence electrons. The molecule has 0 bridgehead atoms. The molecule has 0 atom stereocenters. The van der Waals surface area contributed by atoms with Crippen LogP contribution in [0.5, 0.6) is 11.5 Å². The van der Waals surface area contributed by atoms with Gasteiger partial charge in [0.25, 0.3) is 5.91 Å². The van der Waals surface area contributed by atoms with Crippen molar-refractivity contribution in [1.82, 2.24) is 10.2 Å². The van der Waals surface area contributed by atoms with Crippen LogP contribution in [0.3, 0.4) is 0 Å². The highest BCUT2D eigenvalue weighted by atomic mass is 16.5. The molecule has 2 aromatic carbocycles. The second kappa shape index (κ2) is 9.46. The van der Waals surface area contributed by atoms with Gasteiger partial charge in [-0.15, -0.1) is 0 Å². The van der Waals surface area contributed by atoms with Gasteiger partial charge in [0.2, 0.25) is 0 Å². The van der Waals surface area contributed by atoms with Crippen LogP contribution in [0.4, 0.5) is 5.69 Å². The van der Waals surface area contributed by atoms with Gasteiger partial charge in [0, 0.05) is 45.0 Å². The largest absolute Gasteiger partial charge is 0.493 e. The van der Waals surface area contributed by atoms with Crippen LogP contribution >= 0.6 is 0 Å². The Morgan fingerprint density at radius 3 is 2.46 bits per heavy atom. The number of carbonyl (C=O) groups excluding carboxylic acids is 1. The number of carbonyl (C=O) groups is 1. The standard InChI is InChI=1S/C22H29N3O3/c1-17-6-4-7-18(16-17)25-14-12-24(13-15-25)11-10-23-22(26)19-8-5-9-20(27-2)21(19)28-3/h4-9,16H,10-15H2,1-3H3,(H,23,26). The number of amides is 1. The predicted molar refractivity (Wildman–Crippen MR) is 112 cm³/mol. The van der Waals surface area contributed by atoms with E-state index in [1.54, 1.807) is 32.4 Å². The second-order valence-corrected chi connectivity index (χ2v) is 6.96. The van der Waals surface area contributed by atoms with Gasteiger partial charge in [-0.05, 0) is 36.8 Å². The minimum absolute atomic E-state index is 0.144. The smallest absolute Gasteiger partial charge is 0.255 e. The van der Waals surface area contributed by atoms with Crippen molar-refractivity contribution in [2.45, 2.75) is 6.92 Å². The topological polar surface area (TPSA) is 54.0 Å². The Kier molecular flexibility index (Phi) is 6.76. The number of piperazine rings is 1. The summed E-state index contributed by atoms with van der Waals surface area (Å²) in [6.07, 6.45) is 0. The number of benzene rings is 2. The number of methoxy groups -OCH3 is 2. The van der Waals surface area contributed by atoms with E-state index in [2.05, 4.69) is 46.3 Å². The Bertz CT molecular complexity index is 801. The number of hydrogen-bond donors (Lipinski definition) is 1. The Morgan fingerprint density at radius 2 is 1.79 bits per heavy atom. The first-order valence-corrected chi connectivity index (χ1v) is 9.65. The zero-order valence-corrected chi connectivity index (χ0v) is 16.9. The van der Waals surface area contributed by atoms with Crippen LogP contribution in [-0.2, 0) is 0 Å². The van der Waals surface area contributed by atoms with E-state index in [9.17, 15) is 4.79 Å². The third kappa shape index (κ3) is 4.75. The number of anilines is 1. The SMILES string of the molecule is COc1cccc(C(=O)NCCN2CCN(c3cccc(C)c3)CC2)c1OC. The van der Waals surface area contributed by atoms with Crippen molar-refractivity contribution in [3.63, 3.8) is 0 Å². The summed E-state index contributed by atoms with van der Waals surface area (Å²) in [6, 6.07) is 14.0. The molecular weight excluding hydrogens is 354 g/mol. The average molecular weight is 383 g/mol. The molecule has 1 heterocycles. The lowest BCUT2D eigenvalue weighted by atomic mass is 10.1. The van der Waals surface area contributed by atoms with Crippen LogP contribution < -0.4 is 19.7 Å². The van der Waals surface area contributed by atoms with Gasteiger partial charge >= 0.3 is 0 Å². The van der Waals surface area contributed by atoms with E-state index in [0.717, 1.165) is 32.7 Å². The zero-order chi connectivity index (χ0) is 19.9. The van der Waals surface area contributed by atoms with Crippen molar-refractivity contribution in [2.75, 3.05) is 58.4 Å². The molecule has 1 aliphatic rings. The van der Waals surface area contributed by atoms with Gasteiger partial charge in [0.1, 0.15) is 0 Å². The van der Waals surface area contributed by atoms with Crippen LogP contribution in [-0.4, -0.2) is 64.3 Å². The monoisotopic (exact) mass is 383 g/mol. The summed E-state index contributed by atoms with van der Waals surface area (Å²) in [5.41, 5.74) is 3.07. The molecule has 28 heavy (non-hydrogen) atoms. The first-order chi connectivity index (χ1) is 13.6. The Labute approximate surface area is 167 Å². The van der Waals surface area contributed by atoms with Gasteiger partial charge in [-0.2, -0.15) is 0 Å². The molecule has 1 N–H and O–H groups in total. The van der Waals surface area contributed by atoms with Crippen LogP contribution in [0.15, 0.2) is 42.5 Å². The highest BCUT2D eigenvalue weighted by molar-refractivity contribution is 5.97. The number of para-hydroxylation sites is 1. The molecule has 0 saturated carbocycles. The Hall–Kier alpha value is -2.73. The number of rotatable bonds is 7. The van der Waals surface area contributed by atoms with Gasteiger partial charge in [-0.3, -0.25) is 9.69 Å². The molecule has 6 heteroatoms. The number of ether oxygens (including phenoxy) is 2. The maximum atomic E-state index is 12.5. The van der Waals surface area contributed by atoms with Gasteiger partial charge < -0.3 is 19.7 Å². The molecule has 0 aliphatic carbocycles. The van der Waals surface area contributed by atoms with Crippen molar-refractivity contribution in [1.29, 1.82) is 0 Å². The summed E-state index contributed by atoms with van der Waals surface area (Å²) in [7, 11) is 3.11. The molecule has 1 amide bonds. The maximum absolute atomic E-state index is 12.5. The van der Waals surface area contributed by atoms with E-state index >= 15 is 0 Å². The zero-order valence-electron chi connectivity index (χ0n) is 16.9. The molecule has 1 saturated heterocycles. The molecule has 0 aromatic heterocycles. The van der Waals surface area contributed by atoms with Crippen molar-refractivity contribution in [3.05, 3.63) is 53.6 Å². The van der Waals surface area contributed by atoms with E-state index in [4.69, 9.17) is 9.47 Å². The van der Waals surface area contributed by atoms with Crippen LogP contribution in [0, 0.1) is 6.92 Å². The van der Waals surface area contributed by atoms with E-state index in [1.165, 1.54) is 11.3 Å². The van der Waals surface area contributed by atoms with Crippen LogP contribution in [0.2, 0.25) is 0 Å². The predicted octanol–water partition coefficient (Wildman–Crippen LogP) is 2.56. The average Bonchev–Trinajstić information content (AvgIpc) is 2.73. The first kappa shape index (κ1) is 20.0. The van der Waals surface area contributed by atoms with Crippen molar-refractivity contribution in [2.24, 2.45) is 0 Å². The van der Waals surface area contributed by atoms with Gasteiger partial charge in [0.15, 0.2) is 11.5 Å². The third-order valence-corrected chi connectivity index (χ3v) is 5.10. The van der Waals surface area contributed by atoms with E-state index in [1.807, 2.05) is 0 Å². The molecule has 6 nitrogen and oxygen atoms in total. The summed E-state index contributed by atoms with van der Waals surface area (Å²) in [5, 5.41) is 2.99. The third-order valence-electron chi connectivity index (χ3n) is 5.10. The minimum Gasteiger partial charge on any atom is -0.493 e. The lowest BCUT2D eigenvalue weighted by Gasteiger charge is -2.36. The molecule has 0 unspecified atom stereocenters. The van der Waals surface area contributed by atoms with Crippen molar-refractivity contribution in [3.8, 4) is 11.5 Å². The van der Waals surface area contributed by atoms with Crippen molar-refractivity contribution < 1.29 is 14.3 Å². The van der Waals surface area contributed by atoms with E-state index < -0.39 is 0 Å². The second-order valence-electron chi connectivity index (χ2n) is 6.96. The fourth-order valence-corrected chi connectivity index (χ4v) is 3.54. The van der Waals surface area contributed by atoms with Gasteiger partial charge in [0.05, 0.1) is 19.8 Å². The molecular formula is C22H29N3O3. The summed E-state index contributed by atoms with van der Waals surface area (Å²) in [4.78, 5) is 17.3. The quantitative estimate of drug-likeness (QED) is 0.796. The normalized spacial score (nSPS) is 14.6. The van der Waals surface area contributed by atoms with Gasteiger partial charge in [-0.1, -0.05) is 18.2 Å². The maximum Gasteiger partial charge on any atom is 0.255 e. The molecule has 2 aromatic rings. The summed E-state index contributed by atoms with van der Waals surface area (Å²) in [5.74, 6) is 0.880. The fraction of sp³-hybridized carbons (Fsp3) is 0.409. The molecule has 0 radical (unpaired) electrons. The molecule has 0 spiro atoms. The lowest BCUT2D eigenvalue weighted by molar-refractivity contribution is 0.0944. The molecule has 3 rings (SSSR count). The van der Waals surface area contributed by atoms with Gasteiger partial charge in [-0.25, -0.2) is 0 Å². The molecule has 1 fully saturated rings. The van der Waals surface area contributed by atoms with Crippen LogP contribution in [0.1, 0.15) is 15.9 Å². The highest BCUT2D eigenvalue weighted by Gasteiger charge is 2.19. The number of nitrogens with one attached hydrogen (secondary N) is 1. The minimum atomic E-state index is -0.144. The first-order valence-electron chi connectivity index (χ1n) is 9.65. The van der Waals surface area contributed by atoms with Crippen molar-refractivity contribution >= 4 is 11.6 Å². The summed E-state index contributed by atoms with van der Waals surface area (Å²) in [6.45, 7) is 7.55. The Morgan fingerprint density at radius 1 is 1.04 bits per heavy atom. The number of aryl methyl sites for hydroxylation is 1. The fourth-order valence-electron chi connectivity index (χ4n) is 3.54. The van der Waals surface area contributed by atoms with E-state index in [0.29, 0.717) is 23.6 Å². The Balaban J connectivity index is 1.47. The number of nitrogens with zero attached hydrogens (tertiary/aromatic N) is 2. The van der Waals surface area contributed by atoms with Crippen LogP contribution in [0.25, 0.3) is 0 Å². The molecule has 1 aliphatic heterocycles. The highest BCUT2D eigenvalue weighted by Crippen LogP contribution is 2.30. The lowest BCUT2D eigenvalue weighted by Crippen LogP contribution is -2.48. The number of hydrogen-bond acceptors (Lipinski definition) is 5. The van der Waals surface area contributed by atoms with E-state index in [-0.39, 0.29) is 5.91 Å². The summed E-state index contributed by atoms with van der Waals surface area (Å²) < 4.78 is 10.6.